The molecule has 0 spiro atoms. The number of hydrogen-bond acceptors (Lipinski definition) is 4. The van der Waals surface area contributed by atoms with Crippen LogP contribution in [0, 0.1) is 0 Å². The topological polar surface area (TPSA) is 84.5 Å². The first kappa shape index (κ1) is 31.5. The summed E-state index contributed by atoms with van der Waals surface area (Å²) < 4.78 is 44.6. The van der Waals surface area contributed by atoms with Crippen molar-refractivity contribution in [2.24, 2.45) is 0 Å². The average molecular weight is 615 g/mol. The van der Waals surface area contributed by atoms with Gasteiger partial charge in [-0.25, -0.2) is 0 Å². The lowest BCUT2D eigenvalue weighted by molar-refractivity contribution is -0.149. The standard InChI is InChI=1S/C36H33F3N2O4/c1-2-45-34(44)35(25-10-4-3-5-11-25)21-20-30(28-13-8-9-15-31(28)35)33(43)41-23-22-40-32(42)29-14-7-6-12-27(29)24-16-18-26(19-17-24)36(37,38)39/h3-19,30H,2,20-23H2,1H3,(H,40,42)(H,41,43). The van der Waals surface area contributed by atoms with E-state index in [1.54, 1.807) is 31.2 Å². The van der Waals surface area contributed by atoms with E-state index < -0.39 is 29.0 Å². The summed E-state index contributed by atoms with van der Waals surface area (Å²) in [5.41, 5.74) is 1.80. The van der Waals surface area contributed by atoms with Gasteiger partial charge in [-0.15, -0.1) is 0 Å². The zero-order valence-electron chi connectivity index (χ0n) is 24.7. The molecule has 0 fully saturated rings. The second-order valence-electron chi connectivity index (χ2n) is 10.8. The highest BCUT2D eigenvalue weighted by Gasteiger charge is 2.49. The first-order valence-electron chi connectivity index (χ1n) is 14.8. The van der Waals surface area contributed by atoms with Crippen molar-refractivity contribution < 1.29 is 32.3 Å². The highest BCUT2D eigenvalue weighted by atomic mass is 19.4. The lowest BCUT2D eigenvalue weighted by atomic mass is 9.63. The molecule has 2 amide bonds. The summed E-state index contributed by atoms with van der Waals surface area (Å²) in [6, 6.07) is 28.2. The van der Waals surface area contributed by atoms with Gasteiger partial charge in [-0.3, -0.25) is 14.4 Å². The van der Waals surface area contributed by atoms with Crippen molar-refractivity contribution in [1.29, 1.82) is 0 Å². The molecule has 0 bridgehead atoms. The Morgan fingerprint density at radius 2 is 1.47 bits per heavy atom. The van der Waals surface area contributed by atoms with Crippen LogP contribution in [0.25, 0.3) is 11.1 Å². The fourth-order valence-electron chi connectivity index (χ4n) is 6.07. The highest BCUT2D eigenvalue weighted by molar-refractivity contribution is 6.01. The van der Waals surface area contributed by atoms with E-state index >= 15 is 0 Å². The van der Waals surface area contributed by atoms with Gasteiger partial charge in [-0.2, -0.15) is 13.2 Å². The maximum absolute atomic E-state index is 13.5. The Hall–Kier alpha value is -4.92. The third-order valence-corrected chi connectivity index (χ3v) is 8.22. The van der Waals surface area contributed by atoms with Crippen LogP contribution in [0.2, 0.25) is 0 Å². The maximum Gasteiger partial charge on any atom is 0.416 e. The number of amides is 2. The van der Waals surface area contributed by atoms with Gasteiger partial charge in [0.15, 0.2) is 0 Å². The summed E-state index contributed by atoms with van der Waals surface area (Å²) in [6.45, 7) is 2.30. The molecule has 9 heteroatoms. The molecule has 2 unspecified atom stereocenters. The quantitative estimate of drug-likeness (QED) is 0.164. The van der Waals surface area contributed by atoms with E-state index in [0.29, 0.717) is 29.5 Å². The Morgan fingerprint density at radius 1 is 0.822 bits per heavy atom. The Kier molecular flexibility index (Phi) is 9.37. The van der Waals surface area contributed by atoms with Crippen molar-refractivity contribution in [2.75, 3.05) is 19.7 Å². The normalized spacial score (nSPS) is 17.6. The Morgan fingerprint density at radius 3 is 2.18 bits per heavy atom. The molecule has 232 valence electrons. The largest absolute Gasteiger partial charge is 0.465 e. The van der Waals surface area contributed by atoms with Gasteiger partial charge < -0.3 is 15.4 Å². The predicted octanol–water partition coefficient (Wildman–Crippen LogP) is 6.65. The fourth-order valence-corrected chi connectivity index (χ4v) is 6.07. The molecule has 0 saturated heterocycles. The third-order valence-electron chi connectivity index (χ3n) is 8.22. The van der Waals surface area contributed by atoms with Gasteiger partial charge in [0.1, 0.15) is 5.41 Å². The minimum absolute atomic E-state index is 0.136. The molecule has 0 aliphatic heterocycles. The van der Waals surface area contributed by atoms with Gasteiger partial charge in [0.25, 0.3) is 5.91 Å². The van der Waals surface area contributed by atoms with Crippen molar-refractivity contribution in [3.8, 4) is 11.1 Å². The van der Waals surface area contributed by atoms with Crippen LogP contribution >= 0.6 is 0 Å². The molecule has 5 rings (SSSR count). The second kappa shape index (κ2) is 13.4. The Bertz CT molecular complexity index is 1670. The number of nitrogens with one attached hydrogen (secondary N) is 2. The molecule has 6 nitrogen and oxygen atoms in total. The van der Waals surface area contributed by atoms with Crippen molar-refractivity contribution >= 4 is 17.8 Å². The third kappa shape index (κ3) is 6.48. The van der Waals surface area contributed by atoms with Gasteiger partial charge >= 0.3 is 12.1 Å². The minimum atomic E-state index is -4.45. The SMILES string of the molecule is CCOC(=O)C1(c2ccccc2)CCC(C(=O)NCCNC(=O)c2ccccc2-c2ccc(C(F)(F)F)cc2)c2ccccc21. The highest BCUT2D eigenvalue weighted by Crippen LogP contribution is 2.48. The van der Waals surface area contributed by atoms with Crippen LogP contribution in [-0.4, -0.2) is 37.5 Å². The van der Waals surface area contributed by atoms with Gasteiger partial charge in [0.2, 0.25) is 5.91 Å². The zero-order valence-corrected chi connectivity index (χ0v) is 24.7. The van der Waals surface area contributed by atoms with Gasteiger partial charge in [-0.1, -0.05) is 84.9 Å². The van der Waals surface area contributed by atoms with Gasteiger partial charge in [-0.05, 0) is 65.8 Å². The fraction of sp³-hybridized carbons (Fsp3) is 0.250. The Balaban J connectivity index is 1.26. The van der Waals surface area contributed by atoms with E-state index in [1.807, 2.05) is 54.6 Å². The second-order valence-corrected chi connectivity index (χ2v) is 10.8. The molecular formula is C36H33F3N2O4. The molecule has 0 heterocycles. The minimum Gasteiger partial charge on any atom is -0.465 e. The molecule has 2 atom stereocenters. The van der Waals surface area contributed by atoms with E-state index in [2.05, 4.69) is 10.6 Å². The molecule has 0 saturated carbocycles. The predicted molar refractivity (Wildman–Crippen MR) is 164 cm³/mol. The van der Waals surface area contributed by atoms with Gasteiger partial charge in [0.05, 0.1) is 18.1 Å². The molecule has 2 N–H and O–H groups in total. The molecule has 1 aliphatic rings. The van der Waals surface area contributed by atoms with E-state index in [1.165, 1.54) is 12.1 Å². The number of esters is 1. The van der Waals surface area contributed by atoms with E-state index in [4.69, 9.17) is 4.74 Å². The van der Waals surface area contributed by atoms with E-state index in [0.717, 1.165) is 28.8 Å². The van der Waals surface area contributed by atoms with Crippen molar-refractivity contribution in [3.05, 3.63) is 131 Å². The van der Waals surface area contributed by atoms with Crippen molar-refractivity contribution in [3.63, 3.8) is 0 Å². The Labute approximate surface area is 259 Å². The lowest BCUT2D eigenvalue weighted by Gasteiger charge is -2.40. The summed E-state index contributed by atoms with van der Waals surface area (Å²) in [7, 11) is 0. The molecule has 0 aromatic heterocycles. The number of ether oxygens (including phenoxy) is 1. The van der Waals surface area contributed by atoms with Crippen LogP contribution < -0.4 is 10.6 Å². The van der Waals surface area contributed by atoms with E-state index in [9.17, 15) is 27.6 Å². The molecule has 1 aliphatic carbocycles. The van der Waals surface area contributed by atoms with Crippen LogP contribution in [0.4, 0.5) is 13.2 Å². The van der Waals surface area contributed by atoms with E-state index in [-0.39, 0.29) is 31.6 Å². The number of alkyl halides is 3. The van der Waals surface area contributed by atoms with Crippen LogP contribution in [0.15, 0.2) is 103 Å². The van der Waals surface area contributed by atoms with Crippen molar-refractivity contribution in [1.82, 2.24) is 10.6 Å². The first-order chi connectivity index (χ1) is 21.7. The lowest BCUT2D eigenvalue weighted by Crippen LogP contribution is -2.45. The zero-order chi connectivity index (χ0) is 32.0. The summed E-state index contributed by atoms with van der Waals surface area (Å²) in [5.74, 6) is -1.47. The van der Waals surface area contributed by atoms with Crippen LogP contribution in [-0.2, 0) is 25.9 Å². The smallest absolute Gasteiger partial charge is 0.416 e. The average Bonchev–Trinajstić information content (AvgIpc) is 3.06. The molecule has 45 heavy (non-hydrogen) atoms. The molecule has 0 radical (unpaired) electrons. The van der Waals surface area contributed by atoms with Crippen LogP contribution in [0.1, 0.15) is 58.3 Å². The molecule has 4 aromatic rings. The number of hydrogen-bond donors (Lipinski definition) is 2. The van der Waals surface area contributed by atoms with Crippen LogP contribution in [0.5, 0.6) is 0 Å². The van der Waals surface area contributed by atoms with Gasteiger partial charge in [0, 0.05) is 18.7 Å². The van der Waals surface area contributed by atoms with Crippen molar-refractivity contribution in [2.45, 2.75) is 37.3 Å². The number of carbonyl (C=O) groups excluding carboxylic acids is 3. The summed E-state index contributed by atoms with van der Waals surface area (Å²) >= 11 is 0. The maximum atomic E-state index is 13.5. The number of benzene rings is 4. The molecule has 4 aromatic carbocycles. The first-order valence-corrected chi connectivity index (χ1v) is 14.8. The number of halogens is 3. The summed E-state index contributed by atoms with van der Waals surface area (Å²) in [6.07, 6.45) is -3.64. The monoisotopic (exact) mass is 614 g/mol. The number of rotatable bonds is 9. The summed E-state index contributed by atoms with van der Waals surface area (Å²) in [4.78, 5) is 40.0. The summed E-state index contributed by atoms with van der Waals surface area (Å²) in [5, 5.41) is 5.70. The number of fused-ring (bicyclic) bond motifs is 1. The van der Waals surface area contributed by atoms with Crippen LogP contribution in [0.3, 0.4) is 0 Å². The molecular weight excluding hydrogens is 581 g/mol. The number of carbonyl (C=O) groups is 3.